The van der Waals surface area contributed by atoms with E-state index in [-0.39, 0.29) is 18.4 Å². The monoisotopic (exact) mass is 299 g/mol. The maximum atomic E-state index is 11.6. The Balaban J connectivity index is 2.70. The number of anilines is 2. The first kappa shape index (κ1) is 16.4. The molecule has 0 aliphatic heterocycles. The van der Waals surface area contributed by atoms with Crippen molar-refractivity contribution in [1.82, 2.24) is 0 Å². The summed E-state index contributed by atoms with van der Waals surface area (Å²) in [4.78, 5) is 23.0. The van der Waals surface area contributed by atoms with Crippen molar-refractivity contribution in [3.63, 3.8) is 0 Å². The zero-order valence-corrected chi connectivity index (χ0v) is 12.0. The molecule has 7 heteroatoms. The Bertz CT molecular complexity index is 480. The van der Waals surface area contributed by atoms with Crippen molar-refractivity contribution in [2.75, 3.05) is 30.9 Å². The van der Waals surface area contributed by atoms with Gasteiger partial charge >= 0.3 is 0 Å². The molecule has 0 fully saturated rings. The highest BCUT2D eigenvalue weighted by Crippen LogP contribution is 2.25. The summed E-state index contributed by atoms with van der Waals surface area (Å²) in [7, 11) is 1.43. The summed E-state index contributed by atoms with van der Waals surface area (Å²) in [5, 5.41) is 5.70. The molecule has 0 bridgehead atoms. The topological polar surface area (TPSA) is 93.5 Å². The van der Waals surface area contributed by atoms with E-state index in [2.05, 4.69) is 10.6 Å². The largest absolute Gasteiger partial charge is 0.375 e. The molecule has 6 nitrogen and oxygen atoms in total. The van der Waals surface area contributed by atoms with Gasteiger partial charge in [0.1, 0.15) is 6.61 Å². The Kier molecular flexibility index (Phi) is 7.00. The fourth-order valence-electron chi connectivity index (χ4n) is 1.50. The molecule has 20 heavy (non-hydrogen) atoms. The van der Waals surface area contributed by atoms with E-state index in [0.717, 1.165) is 0 Å². The van der Waals surface area contributed by atoms with Gasteiger partial charge in [0.25, 0.3) is 0 Å². The second-order valence-corrected chi connectivity index (χ2v) is 4.52. The third kappa shape index (κ3) is 5.56. The molecule has 0 saturated heterocycles. The molecule has 0 aromatic heterocycles. The molecule has 0 heterocycles. The van der Waals surface area contributed by atoms with Gasteiger partial charge in [-0.1, -0.05) is 11.6 Å². The second kappa shape index (κ2) is 8.52. The number of halogens is 1. The van der Waals surface area contributed by atoms with Crippen molar-refractivity contribution in [2.24, 2.45) is 5.73 Å². The van der Waals surface area contributed by atoms with Crippen molar-refractivity contribution in [3.05, 3.63) is 23.2 Å². The van der Waals surface area contributed by atoms with Crippen molar-refractivity contribution in [1.29, 1.82) is 0 Å². The molecule has 0 spiro atoms. The van der Waals surface area contributed by atoms with Gasteiger partial charge in [-0.25, -0.2) is 0 Å². The van der Waals surface area contributed by atoms with Crippen LogP contribution < -0.4 is 16.4 Å². The van der Waals surface area contributed by atoms with E-state index < -0.39 is 0 Å². The average Bonchev–Trinajstić information content (AvgIpc) is 2.40. The Labute approximate surface area is 122 Å². The van der Waals surface area contributed by atoms with Gasteiger partial charge in [-0.2, -0.15) is 0 Å². The molecule has 1 rings (SSSR count). The zero-order chi connectivity index (χ0) is 15.0. The van der Waals surface area contributed by atoms with Crippen LogP contribution in [0.5, 0.6) is 0 Å². The minimum absolute atomic E-state index is 0.0661. The van der Waals surface area contributed by atoms with Crippen molar-refractivity contribution in [2.45, 2.75) is 12.8 Å². The molecular weight excluding hydrogens is 282 g/mol. The van der Waals surface area contributed by atoms with Crippen LogP contribution in [0, 0.1) is 0 Å². The molecular formula is C13H18ClN3O3. The lowest BCUT2D eigenvalue weighted by Crippen LogP contribution is -2.18. The summed E-state index contributed by atoms with van der Waals surface area (Å²) < 4.78 is 4.72. The molecule has 1 aromatic carbocycles. The normalized spacial score (nSPS) is 10.2. The van der Waals surface area contributed by atoms with Gasteiger partial charge in [0.2, 0.25) is 11.8 Å². The number of hydrogen-bond acceptors (Lipinski definition) is 4. The van der Waals surface area contributed by atoms with Crippen molar-refractivity contribution in [3.8, 4) is 0 Å². The molecule has 1 aromatic rings. The maximum absolute atomic E-state index is 11.6. The van der Waals surface area contributed by atoms with E-state index in [1.54, 1.807) is 18.2 Å². The highest BCUT2D eigenvalue weighted by Gasteiger charge is 2.08. The first-order chi connectivity index (χ1) is 9.56. The minimum Gasteiger partial charge on any atom is -0.375 e. The average molecular weight is 300 g/mol. The van der Waals surface area contributed by atoms with Gasteiger partial charge in [0.05, 0.1) is 10.7 Å². The smallest absolute Gasteiger partial charge is 0.250 e. The van der Waals surface area contributed by atoms with Gasteiger partial charge in [-0.05, 0) is 31.2 Å². The SMILES string of the molecule is COCC(=O)Nc1cc(NC(=O)CCCN)ccc1Cl. The predicted octanol–water partition coefficient (Wildman–Crippen LogP) is 1.60. The maximum Gasteiger partial charge on any atom is 0.250 e. The summed E-state index contributed by atoms with van der Waals surface area (Å²) in [6.07, 6.45) is 0.974. The summed E-state index contributed by atoms with van der Waals surface area (Å²) in [5.41, 5.74) is 6.32. The molecule has 4 N–H and O–H groups in total. The Morgan fingerprint density at radius 2 is 2.05 bits per heavy atom. The Hall–Kier alpha value is -1.63. The fourth-order valence-corrected chi connectivity index (χ4v) is 1.67. The van der Waals surface area contributed by atoms with E-state index in [1.165, 1.54) is 7.11 Å². The molecule has 0 radical (unpaired) electrons. The lowest BCUT2D eigenvalue weighted by molar-refractivity contribution is -0.119. The van der Waals surface area contributed by atoms with Crippen molar-refractivity contribution >= 4 is 34.8 Å². The molecule has 0 unspecified atom stereocenters. The summed E-state index contributed by atoms with van der Waals surface area (Å²) in [6, 6.07) is 4.85. The van der Waals surface area contributed by atoms with Crippen LogP contribution in [0.1, 0.15) is 12.8 Å². The first-order valence-corrected chi connectivity index (χ1v) is 6.53. The number of methoxy groups -OCH3 is 1. The standard InChI is InChI=1S/C13H18ClN3O3/c1-20-8-13(19)17-11-7-9(4-5-10(11)14)16-12(18)3-2-6-15/h4-5,7H,2-3,6,8,15H2,1H3,(H,16,18)(H,17,19). The van der Waals surface area contributed by atoms with Crippen LogP contribution in [-0.2, 0) is 14.3 Å². The van der Waals surface area contributed by atoms with E-state index in [9.17, 15) is 9.59 Å². The third-order valence-corrected chi connectivity index (χ3v) is 2.74. The zero-order valence-electron chi connectivity index (χ0n) is 11.2. The Morgan fingerprint density at radius 3 is 2.70 bits per heavy atom. The van der Waals surface area contributed by atoms with Gasteiger partial charge in [-0.3, -0.25) is 9.59 Å². The van der Waals surface area contributed by atoms with E-state index in [1.807, 2.05) is 0 Å². The second-order valence-electron chi connectivity index (χ2n) is 4.12. The van der Waals surface area contributed by atoms with E-state index in [0.29, 0.717) is 35.8 Å². The van der Waals surface area contributed by atoms with Crippen LogP contribution in [0.15, 0.2) is 18.2 Å². The molecule has 0 aliphatic carbocycles. The molecule has 2 amide bonds. The van der Waals surface area contributed by atoms with Gasteiger partial charge in [0.15, 0.2) is 0 Å². The number of benzene rings is 1. The van der Waals surface area contributed by atoms with Crippen LogP contribution in [0.4, 0.5) is 11.4 Å². The Morgan fingerprint density at radius 1 is 1.30 bits per heavy atom. The predicted molar refractivity (Wildman–Crippen MR) is 78.9 cm³/mol. The number of rotatable bonds is 7. The highest BCUT2D eigenvalue weighted by molar-refractivity contribution is 6.33. The molecule has 0 atom stereocenters. The number of carbonyl (C=O) groups is 2. The van der Waals surface area contributed by atoms with Crippen molar-refractivity contribution < 1.29 is 14.3 Å². The lowest BCUT2D eigenvalue weighted by atomic mass is 10.2. The number of hydrogen-bond donors (Lipinski definition) is 3. The van der Waals surface area contributed by atoms with E-state index in [4.69, 9.17) is 22.1 Å². The van der Waals surface area contributed by atoms with Crippen LogP contribution in [0.25, 0.3) is 0 Å². The summed E-state index contributed by atoms with van der Waals surface area (Å²) in [6.45, 7) is 0.399. The van der Waals surface area contributed by atoms with Gasteiger partial charge in [-0.15, -0.1) is 0 Å². The number of carbonyl (C=O) groups excluding carboxylic acids is 2. The number of amides is 2. The quantitative estimate of drug-likeness (QED) is 0.713. The third-order valence-electron chi connectivity index (χ3n) is 2.41. The number of nitrogens with two attached hydrogens (primary N) is 1. The minimum atomic E-state index is -0.319. The number of ether oxygens (including phenoxy) is 1. The summed E-state index contributed by atoms with van der Waals surface area (Å²) >= 11 is 5.98. The van der Waals surface area contributed by atoms with Gasteiger partial charge in [0, 0.05) is 19.2 Å². The van der Waals surface area contributed by atoms with Crippen LogP contribution in [0.2, 0.25) is 5.02 Å². The van der Waals surface area contributed by atoms with Gasteiger partial charge < -0.3 is 21.1 Å². The van der Waals surface area contributed by atoms with E-state index >= 15 is 0 Å². The van der Waals surface area contributed by atoms with Crippen LogP contribution >= 0.6 is 11.6 Å². The molecule has 110 valence electrons. The molecule has 0 aliphatic rings. The van der Waals surface area contributed by atoms with Crippen LogP contribution in [-0.4, -0.2) is 32.1 Å². The van der Waals surface area contributed by atoms with Crippen LogP contribution in [0.3, 0.4) is 0 Å². The molecule has 0 saturated carbocycles. The first-order valence-electron chi connectivity index (χ1n) is 6.15. The number of nitrogens with one attached hydrogen (secondary N) is 2. The fraction of sp³-hybridized carbons (Fsp3) is 0.385. The highest BCUT2D eigenvalue weighted by atomic mass is 35.5. The summed E-state index contributed by atoms with van der Waals surface area (Å²) in [5.74, 6) is -0.451. The lowest BCUT2D eigenvalue weighted by Gasteiger charge is -2.10.